The van der Waals surface area contributed by atoms with E-state index >= 15 is 0 Å². The van der Waals surface area contributed by atoms with Gasteiger partial charge in [0.05, 0.1) is 15.4 Å². The summed E-state index contributed by atoms with van der Waals surface area (Å²) in [5.74, 6) is 0. The van der Waals surface area contributed by atoms with E-state index < -0.39 is 47.9 Å². The summed E-state index contributed by atoms with van der Waals surface area (Å²) in [6.07, 6.45) is -4.85. The lowest BCUT2D eigenvalue weighted by atomic mass is 10.1. The van der Waals surface area contributed by atoms with Crippen LogP contribution in [0.4, 0.5) is 30.2 Å². The van der Waals surface area contributed by atoms with Crippen LogP contribution in [0.2, 0.25) is 0 Å². The standard InChI is InChI=1S/C17H15F3N4O6S/c18-17(19,20)13-11-12(23(25)26)5-6-14(13)21-7-9-22(10-8-21)31(29,30)16-4-2-1-3-15(16)24(27)28/h1-6,11H,7-10H2. The number of piperazine rings is 1. The van der Waals surface area contributed by atoms with Gasteiger partial charge < -0.3 is 4.90 Å². The van der Waals surface area contributed by atoms with Crippen LogP contribution >= 0.6 is 0 Å². The van der Waals surface area contributed by atoms with Crippen molar-refractivity contribution in [2.24, 2.45) is 0 Å². The molecule has 0 unspecified atom stereocenters. The number of rotatable bonds is 5. The van der Waals surface area contributed by atoms with Gasteiger partial charge in [0.2, 0.25) is 10.0 Å². The van der Waals surface area contributed by atoms with Crippen LogP contribution in [0.25, 0.3) is 0 Å². The van der Waals surface area contributed by atoms with Crippen LogP contribution in [-0.4, -0.2) is 48.7 Å². The molecule has 14 heteroatoms. The first-order valence-corrected chi connectivity index (χ1v) is 10.2. The molecule has 2 aromatic carbocycles. The Morgan fingerprint density at radius 3 is 2.06 bits per heavy atom. The number of nitro benzene ring substituents is 2. The summed E-state index contributed by atoms with van der Waals surface area (Å²) in [5, 5.41) is 22.0. The molecule has 1 saturated heterocycles. The van der Waals surface area contributed by atoms with Gasteiger partial charge in [-0.1, -0.05) is 12.1 Å². The second-order valence-corrected chi connectivity index (χ2v) is 8.48. The third kappa shape index (κ3) is 4.44. The Morgan fingerprint density at radius 2 is 1.52 bits per heavy atom. The van der Waals surface area contributed by atoms with E-state index in [0.29, 0.717) is 6.07 Å². The fraction of sp³-hybridized carbons (Fsp3) is 0.294. The number of para-hydroxylation sites is 1. The van der Waals surface area contributed by atoms with Gasteiger partial charge in [-0.05, 0) is 12.1 Å². The van der Waals surface area contributed by atoms with Crippen molar-refractivity contribution in [3.8, 4) is 0 Å². The maximum Gasteiger partial charge on any atom is 0.418 e. The van der Waals surface area contributed by atoms with E-state index in [-0.39, 0.29) is 31.9 Å². The normalized spacial score (nSPS) is 15.6. The SMILES string of the molecule is O=[N+]([O-])c1ccc(N2CCN(S(=O)(=O)c3ccccc3[N+](=O)[O-])CC2)c(C(F)(F)F)c1. The number of nitro groups is 2. The van der Waals surface area contributed by atoms with Crippen molar-refractivity contribution >= 4 is 27.1 Å². The third-order valence-electron chi connectivity index (χ3n) is 4.76. The quantitative estimate of drug-likeness (QED) is 0.496. The molecule has 2 aromatic rings. The Morgan fingerprint density at radius 1 is 0.903 bits per heavy atom. The summed E-state index contributed by atoms with van der Waals surface area (Å²) < 4.78 is 67.0. The third-order valence-corrected chi connectivity index (χ3v) is 6.70. The van der Waals surface area contributed by atoms with Crippen molar-refractivity contribution in [1.82, 2.24) is 4.31 Å². The van der Waals surface area contributed by atoms with E-state index in [9.17, 15) is 41.8 Å². The molecule has 0 radical (unpaired) electrons. The van der Waals surface area contributed by atoms with Gasteiger partial charge in [-0.15, -0.1) is 0 Å². The molecule has 0 aliphatic carbocycles. The Balaban J connectivity index is 1.86. The zero-order valence-electron chi connectivity index (χ0n) is 15.7. The minimum absolute atomic E-state index is 0.138. The molecule has 31 heavy (non-hydrogen) atoms. The number of non-ortho nitro benzene ring substituents is 1. The molecule has 1 heterocycles. The average Bonchev–Trinajstić information content (AvgIpc) is 2.72. The number of benzene rings is 2. The Kier molecular flexibility index (Phi) is 5.87. The second-order valence-electron chi connectivity index (χ2n) is 6.57. The highest BCUT2D eigenvalue weighted by Gasteiger charge is 2.39. The first-order valence-electron chi connectivity index (χ1n) is 8.77. The highest BCUT2D eigenvalue weighted by Crippen LogP contribution is 2.39. The van der Waals surface area contributed by atoms with E-state index in [1.165, 1.54) is 17.0 Å². The van der Waals surface area contributed by atoms with Crippen LogP contribution in [0.15, 0.2) is 47.4 Å². The number of nitrogens with zero attached hydrogens (tertiary/aromatic N) is 4. The molecule has 1 fully saturated rings. The summed E-state index contributed by atoms with van der Waals surface area (Å²) in [6, 6.07) is 7.17. The van der Waals surface area contributed by atoms with Crippen LogP contribution in [0.5, 0.6) is 0 Å². The van der Waals surface area contributed by atoms with Crippen molar-refractivity contribution in [2.75, 3.05) is 31.1 Å². The van der Waals surface area contributed by atoms with E-state index in [1.54, 1.807) is 0 Å². The van der Waals surface area contributed by atoms with Crippen LogP contribution < -0.4 is 4.90 Å². The lowest BCUT2D eigenvalue weighted by Gasteiger charge is -2.36. The average molecular weight is 460 g/mol. The van der Waals surface area contributed by atoms with Crippen LogP contribution in [-0.2, 0) is 16.2 Å². The molecular weight excluding hydrogens is 445 g/mol. The Labute approximate surface area is 173 Å². The zero-order chi connectivity index (χ0) is 23.0. The summed E-state index contributed by atoms with van der Waals surface area (Å²) in [4.78, 5) is 21.0. The van der Waals surface area contributed by atoms with Crippen molar-refractivity contribution in [3.05, 3.63) is 68.3 Å². The molecule has 0 aromatic heterocycles. The maximum absolute atomic E-state index is 13.4. The van der Waals surface area contributed by atoms with Gasteiger partial charge >= 0.3 is 6.18 Å². The molecule has 0 saturated carbocycles. The smallest absolute Gasteiger partial charge is 0.368 e. The number of hydrogen-bond acceptors (Lipinski definition) is 7. The molecular formula is C17H15F3N4O6S. The van der Waals surface area contributed by atoms with Gasteiger partial charge in [-0.25, -0.2) is 8.42 Å². The van der Waals surface area contributed by atoms with Gasteiger partial charge in [0.25, 0.3) is 11.4 Å². The maximum atomic E-state index is 13.4. The summed E-state index contributed by atoms with van der Waals surface area (Å²) in [7, 11) is -4.25. The van der Waals surface area contributed by atoms with Gasteiger partial charge in [-0.2, -0.15) is 17.5 Å². The van der Waals surface area contributed by atoms with Gasteiger partial charge in [0, 0.05) is 50.1 Å². The summed E-state index contributed by atoms with van der Waals surface area (Å²) in [6.45, 7) is -0.715. The number of halogens is 3. The van der Waals surface area contributed by atoms with Crippen molar-refractivity contribution in [2.45, 2.75) is 11.1 Å². The highest BCUT2D eigenvalue weighted by atomic mass is 32.2. The van der Waals surface area contributed by atoms with E-state index in [1.807, 2.05) is 0 Å². The molecule has 0 atom stereocenters. The first-order chi connectivity index (χ1) is 14.4. The lowest BCUT2D eigenvalue weighted by Crippen LogP contribution is -2.49. The van der Waals surface area contributed by atoms with Gasteiger partial charge in [0.1, 0.15) is 0 Å². The number of hydrogen-bond donors (Lipinski definition) is 0. The Bertz CT molecular complexity index is 1130. The molecule has 166 valence electrons. The van der Waals surface area contributed by atoms with Crippen LogP contribution in [0.1, 0.15) is 5.56 Å². The molecule has 0 bridgehead atoms. The molecule has 0 N–H and O–H groups in total. The number of alkyl halides is 3. The van der Waals surface area contributed by atoms with Gasteiger partial charge in [-0.3, -0.25) is 20.2 Å². The number of sulfonamides is 1. The minimum Gasteiger partial charge on any atom is -0.368 e. The van der Waals surface area contributed by atoms with Crippen LogP contribution in [0.3, 0.4) is 0 Å². The predicted octanol–water partition coefficient (Wildman–Crippen LogP) is 3.03. The van der Waals surface area contributed by atoms with E-state index in [0.717, 1.165) is 28.6 Å². The van der Waals surface area contributed by atoms with Crippen molar-refractivity contribution < 1.29 is 31.4 Å². The lowest BCUT2D eigenvalue weighted by molar-refractivity contribution is -0.387. The molecule has 3 rings (SSSR count). The molecule has 0 amide bonds. The molecule has 0 spiro atoms. The fourth-order valence-electron chi connectivity index (χ4n) is 3.27. The summed E-state index contributed by atoms with van der Waals surface area (Å²) >= 11 is 0. The Hall–Kier alpha value is -3.26. The summed E-state index contributed by atoms with van der Waals surface area (Å²) in [5.41, 5.74) is -2.81. The first kappa shape index (κ1) is 22.4. The second kappa shape index (κ2) is 8.11. The van der Waals surface area contributed by atoms with E-state index in [4.69, 9.17) is 0 Å². The monoisotopic (exact) mass is 460 g/mol. The fourth-order valence-corrected chi connectivity index (χ4v) is 4.85. The zero-order valence-corrected chi connectivity index (χ0v) is 16.5. The number of anilines is 1. The minimum atomic E-state index is -4.85. The highest BCUT2D eigenvalue weighted by molar-refractivity contribution is 7.89. The molecule has 1 aliphatic rings. The van der Waals surface area contributed by atoms with Gasteiger partial charge in [0.15, 0.2) is 4.90 Å². The van der Waals surface area contributed by atoms with Crippen molar-refractivity contribution in [1.29, 1.82) is 0 Å². The van der Waals surface area contributed by atoms with Crippen LogP contribution in [0, 0.1) is 20.2 Å². The predicted molar refractivity (Wildman–Crippen MR) is 102 cm³/mol. The topological polar surface area (TPSA) is 127 Å². The molecule has 1 aliphatic heterocycles. The van der Waals surface area contributed by atoms with Crippen molar-refractivity contribution in [3.63, 3.8) is 0 Å². The van der Waals surface area contributed by atoms with E-state index in [2.05, 4.69) is 0 Å². The molecule has 10 nitrogen and oxygen atoms in total. The largest absolute Gasteiger partial charge is 0.418 e.